The molecule has 0 atom stereocenters. The van der Waals surface area contributed by atoms with E-state index in [1.165, 1.54) is 10.4 Å². The number of thiophene rings is 1. The average molecular weight is 240 g/mol. The molecule has 0 radical (unpaired) electrons. The molecule has 0 aromatic carbocycles. The molecule has 0 aliphatic carbocycles. The number of hydrogen-bond donors (Lipinski definition) is 1. The third-order valence-electron chi connectivity index (χ3n) is 3.43. The van der Waals surface area contributed by atoms with E-state index in [0.29, 0.717) is 0 Å². The summed E-state index contributed by atoms with van der Waals surface area (Å²) in [6.45, 7) is 8.59. The molecule has 0 unspecified atom stereocenters. The minimum Gasteiger partial charge on any atom is -0.330 e. The van der Waals surface area contributed by atoms with Gasteiger partial charge in [0.05, 0.1) is 0 Å². The van der Waals surface area contributed by atoms with Gasteiger partial charge in [0.2, 0.25) is 0 Å². The normalized spacial score (nSPS) is 12.4. The summed E-state index contributed by atoms with van der Waals surface area (Å²) in [5.41, 5.74) is 7.28. The van der Waals surface area contributed by atoms with E-state index in [9.17, 15) is 0 Å². The van der Waals surface area contributed by atoms with Crippen LogP contribution in [0.2, 0.25) is 0 Å². The van der Waals surface area contributed by atoms with Gasteiger partial charge in [-0.05, 0) is 64.2 Å². The first-order valence-electron chi connectivity index (χ1n) is 5.91. The van der Waals surface area contributed by atoms with Crippen molar-refractivity contribution in [1.82, 2.24) is 4.90 Å². The molecule has 0 amide bonds. The van der Waals surface area contributed by atoms with Gasteiger partial charge in [0.15, 0.2) is 0 Å². The molecule has 1 aromatic rings. The van der Waals surface area contributed by atoms with E-state index in [4.69, 9.17) is 5.73 Å². The van der Waals surface area contributed by atoms with Crippen LogP contribution in [0, 0.1) is 6.92 Å². The minimum absolute atomic E-state index is 0.208. The summed E-state index contributed by atoms with van der Waals surface area (Å²) in [6.07, 6.45) is 2.20. The van der Waals surface area contributed by atoms with Crippen molar-refractivity contribution in [3.05, 3.63) is 21.9 Å². The Balaban J connectivity index is 2.46. The van der Waals surface area contributed by atoms with Gasteiger partial charge in [-0.25, -0.2) is 0 Å². The maximum atomic E-state index is 5.64. The predicted molar refractivity (Wildman–Crippen MR) is 73.1 cm³/mol. The summed E-state index contributed by atoms with van der Waals surface area (Å²) in [5.74, 6) is 0. The van der Waals surface area contributed by atoms with E-state index in [-0.39, 0.29) is 5.54 Å². The predicted octanol–water partition coefficient (Wildman–Crippen LogP) is 2.66. The lowest BCUT2D eigenvalue weighted by molar-refractivity contribution is 0.150. The molecule has 0 saturated heterocycles. The standard InChI is InChI=1S/C13H24N2S/c1-11-6-10-16-12(11)5-9-15(4)13(2,3)7-8-14/h6,10H,5,7-9,14H2,1-4H3. The Hall–Kier alpha value is -0.380. The Morgan fingerprint density at radius 3 is 2.62 bits per heavy atom. The first kappa shape index (κ1) is 13.7. The number of nitrogens with zero attached hydrogens (tertiary/aromatic N) is 1. The lowest BCUT2D eigenvalue weighted by Crippen LogP contribution is -2.43. The fourth-order valence-corrected chi connectivity index (χ4v) is 2.68. The topological polar surface area (TPSA) is 29.3 Å². The summed E-state index contributed by atoms with van der Waals surface area (Å²) < 4.78 is 0. The molecule has 0 spiro atoms. The zero-order valence-corrected chi connectivity index (χ0v) is 11.7. The van der Waals surface area contributed by atoms with Crippen LogP contribution in [0.15, 0.2) is 11.4 Å². The fourth-order valence-electron chi connectivity index (χ4n) is 1.78. The molecule has 0 aliphatic heterocycles. The minimum atomic E-state index is 0.208. The van der Waals surface area contributed by atoms with Crippen molar-refractivity contribution in [3.8, 4) is 0 Å². The van der Waals surface area contributed by atoms with Crippen molar-refractivity contribution >= 4 is 11.3 Å². The Bertz CT molecular complexity index is 317. The molecule has 1 heterocycles. The second-order valence-electron chi connectivity index (χ2n) is 5.05. The van der Waals surface area contributed by atoms with Gasteiger partial charge in [0.1, 0.15) is 0 Å². The van der Waals surface area contributed by atoms with Crippen LogP contribution in [0.3, 0.4) is 0 Å². The van der Waals surface area contributed by atoms with Crippen LogP contribution in [-0.4, -0.2) is 30.6 Å². The Labute approximate surface area is 103 Å². The SMILES string of the molecule is Cc1ccsc1CCN(C)C(C)(C)CCN. The van der Waals surface area contributed by atoms with E-state index < -0.39 is 0 Å². The van der Waals surface area contributed by atoms with E-state index in [1.54, 1.807) is 0 Å². The molecule has 0 fully saturated rings. The number of likely N-dealkylation sites (N-methyl/N-ethyl adjacent to an activating group) is 1. The average Bonchev–Trinajstić information content (AvgIpc) is 2.60. The molecule has 2 nitrogen and oxygen atoms in total. The summed E-state index contributed by atoms with van der Waals surface area (Å²) in [5, 5.41) is 2.18. The highest BCUT2D eigenvalue weighted by molar-refractivity contribution is 7.10. The molecule has 16 heavy (non-hydrogen) atoms. The van der Waals surface area contributed by atoms with Crippen molar-refractivity contribution in [2.45, 2.75) is 39.2 Å². The van der Waals surface area contributed by atoms with Crippen molar-refractivity contribution in [2.75, 3.05) is 20.1 Å². The van der Waals surface area contributed by atoms with Crippen LogP contribution in [0.4, 0.5) is 0 Å². The quantitative estimate of drug-likeness (QED) is 0.828. The third kappa shape index (κ3) is 3.58. The molecule has 1 rings (SSSR count). The van der Waals surface area contributed by atoms with Crippen LogP contribution < -0.4 is 5.73 Å². The number of aryl methyl sites for hydroxylation is 1. The van der Waals surface area contributed by atoms with Crippen LogP contribution in [-0.2, 0) is 6.42 Å². The van der Waals surface area contributed by atoms with Gasteiger partial charge in [-0.15, -0.1) is 11.3 Å². The van der Waals surface area contributed by atoms with Gasteiger partial charge in [-0.1, -0.05) is 0 Å². The summed E-state index contributed by atoms with van der Waals surface area (Å²) in [7, 11) is 2.19. The molecular formula is C13H24N2S. The van der Waals surface area contributed by atoms with E-state index >= 15 is 0 Å². The fraction of sp³-hybridized carbons (Fsp3) is 0.692. The lowest BCUT2D eigenvalue weighted by Gasteiger charge is -2.35. The molecule has 0 aliphatic rings. The highest BCUT2D eigenvalue weighted by Crippen LogP contribution is 2.20. The first-order chi connectivity index (χ1) is 7.47. The van der Waals surface area contributed by atoms with Gasteiger partial charge in [-0.2, -0.15) is 0 Å². The van der Waals surface area contributed by atoms with E-state index in [0.717, 1.165) is 25.9 Å². The number of rotatable bonds is 6. The van der Waals surface area contributed by atoms with Crippen molar-refractivity contribution in [3.63, 3.8) is 0 Å². The van der Waals surface area contributed by atoms with Gasteiger partial charge < -0.3 is 10.6 Å². The summed E-state index contributed by atoms with van der Waals surface area (Å²) in [6, 6.07) is 2.20. The first-order valence-corrected chi connectivity index (χ1v) is 6.79. The third-order valence-corrected chi connectivity index (χ3v) is 4.51. The Kier molecular flexibility index (Phi) is 4.96. The molecule has 0 saturated carbocycles. The van der Waals surface area contributed by atoms with Crippen molar-refractivity contribution < 1.29 is 0 Å². The van der Waals surface area contributed by atoms with E-state index in [1.807, 2.05) is 11.3 Å². The van der Waals surface area contributed by atoms with Gasteiger partial charge >= 0.3 is 0 Å². The zero-order chi connectivity index (χ0) is 12.2. The second kappa shape index (κ2) is 5.80. The highest BCUT2D eigenvalue weighted by Gasteiger charge is 2.22. The molecule has 3 heteroatoms. The highest BCUT2D eigenvalue weighted by atomic mass is 32.1. The number of nitrogens with two attached hydrogens (primary N) is 1. The Morgan fingerprint density at radius 2 is 2.12 bits per heavy atom. The van der Waals surface area contributed by atoms with Gasteiger partial charge in [0.25, 0.3) is 0 Å². The largest absolute Gasteiger partial charge is 0.330 e. The monoisotopic (exact) mass is 240 g/mol. The summed E-state index contributed by atoms with van der Waals surface area (Å²) >= 11 is 1.86. The Morgan fingerprint density at radius 1 is 1.44 bits per heavy atom. The van der Waals surface area contributed by atoms with E-state index in [2.05, 4.69) is 44.2 Å². The van der Waals surface area contributed by atoms with Gasteiger partial charge in [-0.3, -0.25) is 0 Å². The molecule has 92 valence electrons. The lowest BCUT2D eigenvalue weighted by atomic mass is 9.98. The van der Waals surface area contributed by atoms with Crippen LogP contribution in [0.25, 0.3) is 0 Å². The smallest absolute Gasteiger partial charge is 0.0162 e. The maximum Gasteiger partial charge on any atom is 0.0162 e. The van der Waals surface area contributed by atoms with Crippen molar-refractivity contribution in [1.29, 1.82) is 0 Å². The molecule has 2 N–H and O–H groups in total. The maximum absolute atomic E-state index is 5.64. The van der Waals surface area contributed by atoms with Crippen LogP contribution >= 0.6 is 11.3 Å². The molecular weight excluding hydrogens is 216 g/mol. The van der Waals surface area contributed by atoms with Crippen LogP contribution in [0.1, 0.15) is 30.7 Å². The zero-order valence-electron chi connectivity index (χ0n) is 10.9. The van der Waals surface area contributed by atoms with Gasteiger partial charge in [0, 0.05) is 17.0 Å². The summed E-state index contributed by atoms with van der Waals surface area (Å²) in [4.78, 5) is 3.93. The second-order valence-corrected chi connectivity index (χ2v) is 6.05. The van der Waals surface area contributed by atoms with Crippen LogP contribution in [0.5, 0.6) is 0 Å². The molecule has 0 bridgehead atoms. The van der Waals surface area contributed by atoms with Crippen molar-refractivity contribution in [2.24, 2.45) is 5.73 Å². The number of hydrogen-bond acceptors (Lipinski definition) is 3. The molecule has 1 aromatic heterocycles.